The summed E-state index contributed by atoms with van der Waals surface area (Å²) in [6.07, 6.45) is 5.29. The van der Waals surface area contributed by atoms with Crippen molar-refractivity contribution in [2.45, 2.75) is 58.5 Å². The Hall–Kier alpha value is -0.340. The van der Waals surface area contributed by atoms with Crippen LogP contribution in [0.5, 0.6) is 0 Å². The highest BCUT2D eigenvalue weighted by atomic mass is 32.1. The minimum absolute atomic E-state index is 0.567. The van der Waals surface area contributed by atoms with Gasteiger partial charge in [-0.15, -0.1) is 11.3 Å². The second-order valence-corrected chi connectivity index (χ2v) is 6.38. The zero-order valence-corrected chi connectivity index (χ0v) is 11.4. The Morgan fingerprint density at radius 3 is 2.75 bits per heavy atom. The molecule has 2 atom stereocenters. The lowest BCUT2D eigenvalue weighted by Crippen LogP contribution is -2.36. The van der Waals surface area contributed by atoms with Crippen LogP contribution >= 0.6 is 11.3 Å². The molecule has 1 N–H and O–H groups in total. The fourth-order valence-electron chi connectivity index (χ4n) is 2.22. The molecular weight excluding hydrogens is 214 g/mol. The molecule has 0 saturated heterocycles. The van der Waals surface area contributed by atoms with Crippen LogP contribution < -0.4 is 5.32 Å². The minimum Gasteiger partial charge on any atom is -0.306 e. The fourth-order valence-corrected chi connectivity index (χ4v) is 3.04. The third-order valence-corrected chi connectivity index (χ3v) is 4.99. The van der Waals surface area contributed by atoms with Crippen LogP contribution in [0.3, 0.4) is 0 Å². The molecule has 2 unspecified atom stereocenters. The number of nitrogens with one attached hydrogen (secondary N) is 1. The van der Waals surface area contributed by atoms with Crippen molar-refractivity contribution in [3.05, 3.63) is 22.4 Å². The van der Waals surface area contributed by atoms with E-state index in [1.165, 1.54) is 30.6 Å². The van der Waals surface area contributed by atoms with Crippen molar-refractivity contribution in [2.75, 3.05) is 0 Å². The van der Waals surface area contributed by atoms with Crippen molar-refractivity contribution >= 4 is 11.3 Å². The first-order chi connectivity index (χ1) is 7.65. The predicted molar refractivity (Wildman–Crippen MR) is 71.9 cm³/mol. The fraction of sp³-hybridized carbons (Fsp3) is 0.714. The monoisotopic (exact) mass is 237 g/mol. The van der Waals surface area contributed by atoms with Gasteiger partial charge in [0.05, 0.1) is 0 Å². The first-order valence-electron chi connectivity index (χ1n) is 6.45. The molecule has 0 bridgehead atoms. The van der Waals surface area contributed by atoms with E-state index < -0.39 is 0 Å². The van der Waals surface area contributed by atoms with E-state index in [4.69, 9.17) is 0 Å². The molecule has 1 aliphatic rings. The summed E-state index contributed by atoms with van der Waals surface area (Å²) in [4.78, 5) is 1.50. The molecule has 2 heteroatoms. The van der Waals surface area contributed by atoms with Crippen LogP contribution in [0.15, 0.2) is 17.5 Å². The number of hydrogen-bond donors (Lipinski definition) is 1. The van der Waals surface area contributed by atoms with E-state index in [9.17, 15) is 0 Å². The summed E-state index contributed by atoms with van der Waals surface area (Å²) in [5.41, 5.74) is 0.573. The Balaban J connectivity index is 1.97. The van der Waals surface area contributed by atoms with Crippen LogP contribution in [-0.4, -0.2) is 6.04 Å². The summed E-state index contributed by atoms with van der Waals surface area (Å²) in [6.45, 7) is 7.02. The summed E-state index contributed by atoms with van der Waals surface area (Å²) in [5.74, 6) is 0. The van der Waals surface area contributed by atoms with E-state index >= 15 is 0 Å². The molecule has 0 aromatic carbocycles. The Bertz CT molecular complexity index is 313. The lowest BCUT2D eigenvalue weighted by Gasteiger charge is -2.26. The maximum atomic E-state index is 3.83. The van der Waals surface area contributed by atoms with Crippen LogP contribution in [0.4, 0.5) is 0 Å². The van der Waals surface area contributed by atoms with Crippen molar-refractivity contribution in [1.82, 2.24) is 5.32 Å². The molecule has 0 aliphatic heterocycles. The number of hydrogen-bond acceptors (Lipinski definition) is 2. The quantitative estimate of drug-likeness (QED) is 0.775. The Morgan fingerprint density at radius 2 is 2.25 bits per heavy atom. The van der Waals surface area contributed by atoms with Gasteiger partial charge in [0, 0.05) is 17.0 Å². The van der Waals surface area contributed by atoms with E-state index in [-0.39, 0.29) is 0 Å². The van der Waals surface area contributed by atoms with Gasteiger partial charge < -0.3 is 5.32 Å². The highest BCUT2D eigenvalue weighted by molar-refractivity contribution is 7.10. The molecule has 2 rings (SSSR count). The minimum atomic E-state index is 0.567. The van der Waals surface area contributed by atoms with E-state index in [0.717, 1.165) is 0 Å². The first-order valence-corrected chi connectivity index (χ1v) is 7.33. The SMILES string of the molecule is CCCC(NC(C)C1(C)CC1)c1cccs1. The summed E-state index contributed by atoms with van der Waals surface area (Å²) >= 11 is 1.88. The average molecular weight is 237 g/mol. The highest BCUT2D eigenvalue weighted by Gasteiger charge is 2.42. The van der Waals surface area contributed by atoms with Gasteiger partial charge in [0.15, 0.2) is 0 Å². The molecule has 16 heavy (non-hydrogen) atoms. The lowest BCUT2D eigenvalue weighted by molar-refractivity contribution is 0.332. The van der Waals surface area contributed by atoms with Crippen LogP contribution in [0.2, 0.25) is 0 Å². The Labute approximate surface area is 103 Å². The predicted octanol–water partition coefficient (Wildman–Crippen LogP) is 4.37. The molecule has 1 nitrogen and oxygen atoms in total. The summed E-state index contributed by atoms with van der Waals surface area (Å²) in [6, 6.07) is 5.64. The molecule has 1 aromatic rings. The first kappa shape index (κ1) is 12.1. The van der Waals surface area contributed by atoms with Gasteiger partial charge in [-0.1, -0.05) is 26.3 Å². The highest BCUT2D eigenvalue weighted by Crippen LogP contribution is 2.48. The number of thiophene rings is 1. The van der Waals surface area contributed by atoms with E-state index in [1.807, 2.05) is 11.3 Å². The molecule has 1 saturated carbocycles. The second kappa shape index (κ2) is 4.89. The zero-order chi connectivity index (χ0) is 11.6. The largest absolute Gasteiger partial charge is 0.306 e. The van der Waals surface area contributed by atoms with Gasteiger partial charge in [-0.3, -0.25) is 0 Å². The van der Waals surface area contributed by atoms with E-state index in [1.54, 1.807) is 0 Å². The molecule has 1 aliphatic carbocycles. The molecule has 1 fully saturated rings. The molecular formula is C14H23NS. The molecule has 0 spiro atoms. The van der Waals surface area contributed by atoms with Gasteiger partial charge in [0.2, 0.25) is 0 Å². The summed E-state index contributed by atoms with van der Waals surface area (Å²) in [5, 5.41) is 6.02. The third-order valence-electron chi connectivity index (χ3n) is 4.00. The Morgan fingerprint density at radius 1 is 1.50 bits per heavy atom. The van der Waals surface area contributed by atoms with E-state index in [2.05, 4.69) is 43.6 Å². The van der Waals surface area contributed by atoms with Crippen molar-refractivity contribution < 1.29 is 0 Å². The van der Waals surface area contributed by atoms with Gasteiger partial charge >= 0.3 is 0 Å². The second-order valence-electron chi connectivity index (χ2n) is 5.40. The normalized spacial score (nSPS) is 21.7. The van der Waals surface area contributed by atoms with Gasteiger partial charge in [-0.05, 0) is 43.0 Å². The van der Waals surface area contributed by atoms with Crippen molar-refractivity contribution in [2.24, 2.45) is 5.41 Å². The van der Waals surface area contributed by atoms with Crippen LogP contribution in [0, 0.1) is 5.41 Å². The van der Waals surface area contributed by atoms with Crippen molar-refractivity contribution in [1.29, 1.82) is 0 Å². The van der Waals surface area contributed by atoms with Crippen molar-refractivity contribution in [3.8, 4) is 0 Å². The standard InChI is InChI=1S/C14H23NS/c1-4-6-12(13-7-5-10-16-13)15-11(2)14(3)8-9-14/h5,7,10-12,15H,4,6,8-9H2,1-3H3. The topological polar surface area (TPSA) is 12.0 Å². The van der Waals surface area contributed by atoms with Crippen LogP contribution in [0.25, 0.3) is 0 Å². The maximum Gasteiger partial charge on any atom is 0.0416 e. The smallest absolute Gasteiger partial charge is 0.0416 e. The van der Waals surface area contributed by atoms with E-state index in [0.29, 0.717) is 17.5 Å². The molecule has 1 aromatic heterocycles. The lowest BCUT2D eigenvalue weighted by atomic mass is 9.98. The maximum absolute atomic E-state index is 3.83. The van der Waals surface area contributed by atoms with Gasteiger partial charge in [-0.25, -0.2) is 0 Å². The Kier molecular flexibility index (Phi) is 3.70. The van der Waals surface area contributed by atoms with Crippen LogP contribution in [0.1, 0.15) is 57.4 Å². The molecule has 0 radical (unpaired) electrons. The molecule has 0 amide bonds. The molecule has 90 valence electrons. The van der Waals surface area contributed by atoms with Gasteiger partial charge in [0.1, 0.15) is 0 Å². The molecule has 1 heterocycles. The third kappa shape index (κ3) is 2.67. The number of rotatable bonds is 6. The zero-order valence-electron chi connectivity index (χ0n) is 10.6. The summed E-state index contributed by atoms with van der Waals surface area (Å²) in [7, 11) is 0. The van der Waals surface area contributed by atoms with Crippen LogP contribution in [-0.2, 0) is 0 Å². The van der Waals surface area contributed by atoms with Gasteiger partial charge in [0.25, 0.3) is 0 Å². The van der Waals surface area contributed by atoms with Crippen molar-refractivity contribution in [3.63, 3.8) is 0 Å². The average Bonchev–Trinajstić information content (AvgIpc) is 2.83. The van der Waals surface area contributed by atoms with Gasteiger partial charge in [-0.2, -0.15) is 0 Å². The summed E-state index contributed by atoms with van der Waals surface area (Å²) < 4.78 is 0.